The van der Waals surface area contributed by atoms with Crippen LogP contribution in [0.1, 0.15) is 12.5 Å². The van der Waals surface area contributed by atoms with Crippen LogP contribution in [0.5, 0.6) is 0 Å². The lowest BCUT2D eigenvalue weighted by Gasteiger charge is -2.23. The van der Waals surface area contributed by atoms with Crippen LogP contribution < -0.4 is 4.90 Å². The van der Waals surface area contributed by atoms with Gasteiger partial charge in [0.25, 0.3) is 0 Å². The minimum Gasteiger partial charge on any atom is -0.350 e. The third-order valence-electron chi connectivity index (χ3n) is 2.83. The molecule has 1 aromatic heterocycles. The van der Waals surface area contributed by atoms with E-state index in [-0.39, 0.29) is 18.4 Å². The summed E-state index contributed by atoms with van der Waals surface area (Å²) in [6.45, 7) is 2.35. The van der Waals surface area contributed by atoms with Crippen molar-refractivity contribution in [1.29, 1.82) is 10.5 Å². The molecule has 0 aliphatic rings. The molecule has 6 heteroatoms. The molecule has 0 saturated heterocycles. The number of likely N-dealkylation sites (N-methyl/N-ethyl adjacent to an activating group) is 2. The number of pyridine rings is 1. The summed E-state index contributed by atoms with van der Waals surface area (Å²) in [5.74, 6) is 0.349. The second kappa shape index (κ2) is 7.10. The van der Waals surface area contributed by atoms with Gasteiger partial charge < -0.3 is 9.80 Å². The van der Waals surface area contributed by atoms with Crippen LogP contribution in [0.25, 0.3) is 0 Å². The highest BCUT2D eigenvalue weighted by Crippen LogP contribution is 2.09. The Morgan fingerprint density at radius 1 is 1.40 bits per heavy atom. The van der Waals surface area contributed by atoms with Crippen molar-refractivity contribution in [2.24, 2.45) is 5.92 Å². The quantitative estimate of drug-likeness (QED) is 0.798. The number of hydrogen-bond donors (Lipinski definition) is 0. The van der Waals surface area contributed by atoms with Crippen LogP contribution in [0.15, 0.2) is 18.3 Å². The molecule has 0 spiro atoms. The summed E-state index contributed by atoms with van der Waals surface area (Å²) >= 11 is 0. The second-order valence-electron chi connectivity index (χ2n) is 4.68. The Kier molecular flexibility index (Phi) is 5.49. The van der Waals surface area contributed by atoms with Gasteiger partial charge in [-0.25, -0.2) is 4.98 Å². The number of nitriles is 2. The van der Waals surface area contributed by atoms with Gasteiger partial charge in [-0.15, -0.1) is 0 Å². The fraction of sp³-hybridized carbons (Fsp3) is 0.429. The standard InChI is InChI=1S/C14H17N5O/c1-11(6-15)9-19(3)14(20)10-18(2)13-5-4-12(7-16)8-17-13/h4-5,8,11H,9-10H2,1-3H3/t11-/m0/s1. The van der Waals surface area contributed by atoms with Crippen molar-refractivity contribution in [1.82, 2.24) is 9.88 Å². The zero-order valence-corrected chi connectivity index (χ0v) is 11.9. The first kappa shape index (κ1) is 15.5. The molecule has 1 aromatic rings. The molecule has 1 rings (SSSR count). The second-order valence-corrected chi connectivity index (χ2v) is 4.68. The number of rotatable bonds is 5. The number of nitrogens with zero attached hydrogens (tertiary/aromatic N) is 5. The van der Waals surface area contributed by atoms with Gasteiger partial charge in [0.05, 0.1) is 24.1 Å². The van der Waals surface area contributed by atoms with Crippen molar-refractivity contribution in [2.75, 3.05) is 32.1 Å². The molecule has 0 aromatic carbocycles. The lowest BCUT2D eigenvalue weighted by molar-refractivity contribution is -0.128. The zero-order chi connectivity index (χ0) is 15.1. The normalized spacial score (nSPS) is 11.1. The van der Waals surface area contributed by atoms with Crippen molar-refractivity contribution in [3.05, 3.63) is 23.9 Å². The summed E-state index contributed by atoms with van der Waals surface area (Å²) in [6, 6.07) is 7.45. The van der Waals surface area contributed by atoms with Crippen molar-refractivity contribution < 1.29 is 4.79 Å². The molecule has 0 saturated carbocycles. The van der Waals surface area contributed by atoms with Crippen molar-refractivity contribution >= 4 is 11.7 Å². The Balaban J connectivity index is 2.61. The lowest BCUT2D eigenvalue weighted by Crippen LogP contribution is -2.38. The maximum Gasteiger partial charge on any atom is 0.241 e. The van der Waals surface area contributed by atoms with Crippen LogP contribution in [-0.4, -0.2) is 43.0 Å². The van der Waals surface area contributed by atoms with E-state index in [1.165, 1.54) is 11.1 Å². The van der Waals surface area contributed by atoms with Crippen LogP contribution in [0.4, 0.5) is 5.82 Å². The van der Waals surface area contributed by atoms with Crippen LogP contribution >= 0.6 is 0 Å². The van der Waals surface area contributed by atoms with Crippen LogP contribution in [0.2, 0.25) is 0 Å². The average Bonchev–Trinajstić information content (AvgIpc) is 2.46. The topological polar surface area (TPSA) is 84.0 Å². The van der Waals surface area contributed by atoms with Gasteiger partial charge in [-0.05, 0) is 19.1 Å². The number of hydrogen-bond acceptors (Lipinski definition) is 5. The third-order valence-corrected chi connectivity index (χ3v) is 2.83. The van der Waals surface area contributed by atoms with Gasteiger partial charge in [-0.2, -0.15) is 10.5 Å². The summed E-state index contributed by atoms with van der Waals surface area (Å²) in [4.78, 5) is 19.4. The van der Waals surface area contributed by atoms with Crippen LogP contribution in [0, 0.1) is 28.6 Å². The van der Waals surface area contributed by atoms with Crippen LogP contribution in [0.3, 0.4) is 0 Å². The summed E-state index contributed by atoms with van der Waals surface area (Å²) in [5, 5.41) is 17.4. The summed E-state index contributed by atoms with van der Waals surface area (Å²) < 4.78 is 0. The van der Waals surface area contributed by atoms with Crippen molar-refractivity contribution in [2.45, 2.75) is 6.92 Å². The number of aromatic nitrogens is 1. The SMILES string of the molecule is C[C@@H](C#N)CN(C)C(=O)CN(C)c1ccc(C#N)cn1. The molecule has 0 radical (unpaired) electrons. The molecule has 0 unspecified atom stereocenters. The first-order valence-electron chi connectivity index (χ1n) is 6.18. The molecule has 104 valence electrons. The molecular weight excluding hydrogens is 254 g/mol. The first-order chi connectivity index (χ1) is 9.47. The fourth-order valence-corrected chi connectivity index (χ4v) is 1.64. The number of anilines is 1. The Bertz CT molecular complexity index is 540. The van der Waals surface area contributed by atoms with Gasteiger partial charge in [0.2, 0.25) is 5.91 Å². The van der Waals surface area contributed by atoms with E-state index in [0.29, 0.717) is 17.9 Å². The summed E-state index contributed by atoms with van der Waals surface area (Å²) in [5.41, 5.74) is 0.480. The van der Waals surface area contributed by atoms with E-state index < -0.39 is 0 Å². The largest absolute Gasteiger partial charge is 0.350 e. The van der Waals surface area contributed by atoms with Gasteiger partial charge in [-0.3, -0.25) is 4.79 Å². The minimum absolute atomic E-state index is 0.0826. The number of amides is 1. The highest BCUT2D eigenvalue weighted by atomic mass is 16.2. The number of carbonyl (C=O) groups is 1. The zero-order valence-electron chi connectivity index (χ0n) is 11.9. The molecule has 1 amide bonds. The minimum atomic E-state index is -0.192. The molecule has 0 N–H and O–H groups in total. The van der Waals surface area contributed by atoms with E-state index in [0.717, 1.165) is 0 Å². The van der Waals surface area contributed by atoms with E-state index in [2.05, 4.69) is 11.1 Å². The van der Waals surface area contributed by atoms with E-state index >= 15 is 0 Å². The molecule has 0 aliphatic carbocycles. The van der Waals surface area contributed by atoms with Crippen molar-refractivity contribution in [3.8, 4) is 12.1 Å². The Morgan fingerprint density at radius 3 is 2.60 bits per heavy atom. The smallest absolute Gasteiger partial charge is 0.241 e. The number of carbonyl (C=O) groups excluding carboxylic acids is 1. The van der Waals surface area contributed by atoms with E-state index in [4.69, 9.17) is 10.5 Å². The Labute approximate surface area is 118 Å². The predicted molar refractivity (Wildman–Crippen MR) is 74.6 cm³/mol. The van der Waals surface area contributed by atoms with E-state index in [1.54, 1.807) is 38.1 Å². The monoisotopic (exact) mass is 271 g/mol. The fourth-order valence-electron chi connectivity index (χ4n) is 1.64. The average molecular weight is 271 g/mol. The molecule has 0 bridgehead atoms. The van der Waals surface area contributed by atoms with E-state index in [1.807, 2.05) is 6.07 Å². The van der Waals surface area contributed by atoms with Gasteiger partial charge in [0.15, 0.2) is 0 Å². The van der Waals surface area contributed by atoms with Crippen LogP contribution in [-0.2, 0) is 4.79 Å². The summed E-state index contributed by atoms with van der Waals surface area (Å²) in [6.07, 6.45) is 1.47. The first-order valence-corrected chi connectivity index (χ1v) is 6.18. The highest BCUT2D eigenvalue weighted by Gasteiger charge is 2.15. The van der Waals surface area contributed by atoms with Gasteiger partial charge >= 0.3 is 0 Å². The molecule has 20 heavy (non-hydrogen) atoms. The molecular formula is C14H17N5O. The predicted octanol–water partition coefficient (Wildman–Crippen LogP) is 1.01. The van der Waals surface area contributed by atoms with Gasteiger partial charge in [0.1, 0.15) is 11.9 Å². The molecule has 0 aliphatic heterocycles. The van der Waals surface area contributed by atoms with E-state index in [9.17, 15) is 4.79 Å². The molecule has 1 heterocycles. The summed E-state index contributed by atoms with van der Waals surface area (Å²) in [7, 11) is 3.43. The Morgan fingerprint density at radius 2 is 2.10 bits per heavy atom. The highest BCUT2D eigenvalue weighted by molar-refractivity contribution is 5.80. The van der Waals surface area contributed by atoms with Crippen molar-refractivity contribution in [3.63, 3.8) is 0 Å². The van der Waals surface area contributed by atoms with Gasteiger partial charge in [0, 0.05) is 26.8 Å². The molecule has 0 fully saturated rings. The maximum atomic E-state index is 12.0. The third kappa shape index (κ3) is 4.25. The van der Waals surface area contributed by atoms with Gasteiger partial charge in [-0.1, -0.05) is 0 Å². The maximum absolute atomic E-state index is 12.0. The lowest BCUT2D eigenvalue weighted by atomic mass is 10.2. The Hall–Kier alpha value is -2.60. The molecule has 6 nitrogen and oxygen atoms in total. The molecule has 1 atom stereocenters.